The first kappa shape index (κ1) is 12.0. The summed E-state index contributed by atoms with van der Waals surface area (Å²) < 4.78 is 3.04. The molecule has 0 spiro atoms. The molecular formula is C13H13BrN2O. The van der Waals surface area contributed by atoms with Crippen LogP contribution in [-0.2, 0) is 11.2 Å². The summed E-state index contributed by atoms with van der Waals surface area (Å²) in [6.45, 7) is 1.97. The van der Waals surface area contributed by atoms with Crippen molar-refractivity contribution in [1.29, 1.82) is 0 Å². The minimum absolute atomic E-state index is 0.565. The van der Waals surface area contributed by atoms with Gasteiger partial charge in [-0.1, -0.05) is 6.07 Å². The van der Waals surface area contributed by atoms with Gasteiger partial charge in [0.2, 0.25) is 0 Å². The predicted octanol–water partition coefficient (Wildman–Crippen LogP) is 3.07. The number of rotatable bonds is 4. The minimum atomic E-state index is 0.565. The Morgan fingerprint density at radius 3 is 2.88 bits per heavy atom. The third-order valence-corrected chi connectivity index (χ3v) is 3.28. The number of halogens is 1. The zero-order valence-corrected chi connectivity index (χ0v) is 11.1. The molecule has 88 valence electrons. The van der Waals surface area contributed by atoms with Crippen LogP contribution in [0.3, 0.4) is 0 Å². The Morgan fingerprint density at radius 1 is 1.47 bits per heavy atom. The second kappa shape index (κ2) is 5.27. The van der Waals surface area contributed by atoms with Gasteiger partial charge in [-0.3, -0.25) is 0 Å². The van der Waals surface area contributed by atoms with Crippen molar-refractivity contribution in [1.82, 2.24) is 9.55 Å². The second-order valence-electron chi connectivity index (χ2n) is 3.84. The van der Waals surface area contributed by atoms with Crippen molar-refractivity contribution in [2.45, 2.75) is 19.8 Å². The molecule has 0 amide bonds. The predicted molar refractivity (Wildman–Crippen MR) is 70.4 cm³/mol. The molecule has 0 aliphatic heterocycles. The molecule has 0 aliphatic carbocycles. The standard InChI is InChI=1S/C13H13BrN2O/c1-10-15-6-7-16(10)13-5-4-11(3-2-8-17)9-12(13)14/h4-9H,2-3H2,1H3. The molecule has 0 radical (unpaired) electrons. The molecule has 1 heterocycles. The van der Waals surface area contributed by atoms with Gasteiger partial charge >= 0.3 is 0 Å². The lowest BCUT2D eigenvalue weighted by Crippen LogP contribution is -1.97. The molecule has 17 heavy (non-hydrogen) atoms. The Balaban J connectivity index is 2.32. The molecule has 0 atom stereocenters. The van der Waals surface area contributed by atoms with Crippen LogP contribution >= 0.6 is 15.9 Å². The first-order valence-electron chi connectivity index (χ1n) is 5.45. The zero-order valence-electron chi connectivity index (χ0n) is 9.56. The quantitative estimate of drug-likeness (QED) is 0.812. The van der Waals surface area contributed by atoms with E-state index in [1.807, 2.05) is 29.8 Å². The highest BCUT2D eigenvalue weighted by Gasteiger charge is 2.05. The molecule has 3 nitrogen and oxygen atoms in total. The molecular weight excluding hydrogens is 280 g/mol. The summed E-state index contributed by atoms with van der Waals surface area (Å²) in [6.07, 6.45) is 6.01. The van der Waals surface area contributed by atoms with Crippen LogP contribution in [0.25, 0.3) is 5.69 Å². The third kappa shape index (κ3) is 2.64. The van der Waals surface area contributed by atoms with Gasteiger partial charge in [-0.15, -0.1) is 0 Å². The monoisotopic (exact) mass is 292 g/mol. The van der Waals surface area contributed by atoms with Crippen molar-refractivity contribution in [3.8, 4) is 5.69 Å². The maximum Gasteiger partial charge on any atom is 0.120 e. The first-order valence-corrected chi connectivity index (χ1v) is 6.24. The maximum absolute atomic E-state index is 10.3. The van der Waals surface area contributed by atoms with E-state index in [0.29, 0.717) is 6.42 Å². The average Bonchev–Trinajstić information content (AvgIpc) is 2.73. The van der Waals surface area contributed by atoms with E-state index >= 15 is 0 Å². The fourth-order valence-corrected chi connectivity index (χ4v) is 2.38. The molecule has 1 aromatic carbocycles. The van der Waals surface area contributed by atoms with Crippen molar-refractivity contribution in [3.05, 3.63) is 46.5 Å². The SMILES string of the molecule is Cc1nccn1-c1ccc(CCC=O)cc1Br. The summed E-state index contributed by atoms with van der Waals surface area (Å²) >= 11 is 3.56. The van der Waals surface area contributed by atoms with Crippen molar-refractivity contribution in [2.24, 2.45) is 0 Å². The smallest absolute Gasteiger partial charge is 0.120 e. The van der Waals surface area contributed by atoms with Gasteiger partial charge in [0.25, 0.3) is 0 Å². The van der Waals surface area contributed by atoms with E-state index in [-0.39, 0.29) is 0 Å². The largest absolute Gasteiger partial charge is 0.303 e. The van der Waals surface area contributed by atoms with E-state index in [2.05, 4.69) is 27.0 Å². The first-order chi connectivity index (χ1) is 8.22. The lowest BCUT2D eigenvalue weighted by molar-refractivity contribution is -0.107. The Hall–Kier alpha value is -1.42. The van der Waals surface area contributed by atoms with Crippen molar-refractivity contribution in [2.75, 3.05) is 0 Å². The minimum Gasteiger partial charge on any atom is -0.303 e. The number of aldehydes is 1. The highest BCUT2D eigenvalue weighted by atomic mass is 79.9. The van der Waals surface area contributed by atoms with Crippen LogP contribution in [0, 0.1) is 6.92 Å². The number of hydrogen-bond acceptors (Lipinski definition) is 2. The summed E-state index contributed by atoms with van der Waals surface area (Å²) in [5.74, 6) is 0.950. The lowest BCUT2D eigenvalue weighted by Gasteiger charge is -2.09. The van der Waals surface area contributed by atoms with E-state index in [0.717, 1.165) is 34.3 Å². The molecule has 0 aliphatic rings. The van der Waals surface area contributed by atoms with Gasteiger partial charge in [0.1, 0.15) is 12.1 Å². The number of aromatic nitrogens is 2. The molecule has 1 aromatic heterocycles. The number of aryl methyl sites for hydroxylation is 2. The number of carbonyl (C=O) groups is 1. The molecule has 4 heteroatoms. The Bertz CT molecular complexity index is 534. The summed E-state index contributed by atoms with van der Waals surface area (Å²) in [7, 11) is 0. The van der Waals surface area contributed by atoms with Crippen LogP contribution in [0.5, 0.6) is 0 Å². The molecule has 0 saturated carbocycles. The van der Waals surface area contributed by atoms with Crippen LogP contribution in [0.15, 0.2) is 35.1 Å². The van der Waals surface area contributed by atoms with E-state index in [1.54, 1.807) is 6.20 Å². The third-order valence-electron chi connectivity index (χ3n) is 2.65. The van der Waals surface area contributed by atoms with Gasteiger partial charge in [-0.25, -0.2) is 4.98 Å². The number of imidazole rings is 1. The Morgan fingerprint density at radius 2 is 2.29 bits per heavy atom. The van der Waals surface area contributed by atoms with E-state index in [9.17, 15) is 4.79 Å². The number of nitrogens with zero attached hydrogens (tertiary/aromatic N) is 2. The summed E-state index contributed by atoms with van der Waals surface area (Å²) in [6, 6.07) is 6.14. The molecule has 2 aromatic rings. The van der Waals surface area contributed by atoms with Crippen LogP contribution in [0.2, 0.25) is 0 Å². The molecule has 0 N–H and O–H groups in total. The van der Waals surface area contributed by atoms with Gasteiger partial charge in [0.05, 0.1) is 5.69 Å². The highest BCUT2D eigenvalue weighted by molar-refractivity contribution is 9.10. The van der Waals surface area contributed by atoms with Crippen molar-refractivity contribution >= 4 is 22.2 Å². The zero-order chi connectivity index (χ0) is 12.3. The second-order valence-corrected chi connectivity index (χ2v) is 4.69. The fourth-order valence-electron chi connectivity index (χ4n) is 1.76. The number of benzene rings is 1. The van der Waals surface area contributed by atoms with Crippen LogP contribution < -0.4 is 0 Å². The number of carbonyl (C=O) groups excluding carboxylic acids is 1. The van der Waals surface area contributed by atoms with E-state index in [4.69, 9.17) is 0 Å². The fraction of sp³-hybridized carbons (Fsp3) is 0.231. The molecule has 0 saturated heterocycles. The summed E-state index contributed by atoms with van der Waals surface area (Å²) in [5.41, 5.74) is 2.22. The Kier molecular flexibility index (Phi) is 3.74. The molecule has 0 fully saturated rings. The Labute approximate surface area is 109 Å². The van der Waals surface area contributed by atoms with E-state index < -0.39 is 0 Å². The normalized spacial score (nSPS) is 10.5. The van der Waals surface area contributed by atoms with Crippen LogP contribution in [0.1, 0.15) is 17.8 Å². The summed E-state index contributed by atoms with van der Waals surface area (Å²) in [4.78, 5) is 14.5. The molecule has 0 unspecified atom stereocenters. The number of hydrogen-bond donors (Lipinski definition) is 0. The van der Waals surface area contributed by atoms with Crippen molar-refractivity contribution < 1.29 is 4.79 Å². The van der Waals surface area contributed by atoms with Gasteiger partial charge < -0.3 is 9.36 Å². The topological polar surface area (TPSA) is 34.9 Å². The highest BCUT2D eigenvalue weighted by Crippen LogP contribution is 2.23. The molecule has 0 bridgehead atoms. The van der Waals surface area contributed by atoms with Crippen LogP contribution in [0.4, 0.5) is 0 Å². The lowest BCUT2D eigenvalue weighted by atomic mass is 10.1. The van der Waals surface area contributed by atoms with Gasteiger partial charge in [-0.05, 0) is 47.0 Å². The maximum atomic E-state index is 10.3. The average molecular weight is 293 g/mol. The molecule has 2 rings (SSSR count). The van der Waals surface area contributed by atoms with Crippen molar-refractivity contribution in [3.63, 3.8) is 0 Å². The summed E-state index contributed by atoms with van der Waals surface area (Å²) in [5, 5.41) is 0. The van der Waals surface area contributed by atoms with Gasteiger partial charge in [-0.2, -0.15) is 0 Å². The van der Waals surface area contributed by atoms with Gasteiger partial charge in [0.15, 0.2) is 0 Å². The van der Waals surface area contributed by atoms with E-state index in [1.165, 1.54) is 0 Å². The van der Waals surface area contributed by atoms with Crippen LogP contribution in [-0.4, -0.2) is 15.8 Å². The van der Waals surface area contributed by atoms with Gasteiger partial charge in [0, 0.05) is 23.3 Å².